The summed E-state index contributed by atoms with van der Waals surface area (Å²) in [6, 6.07) is 45.6. The van der Waals surface area contributed by atoms with E-state index in [2.05, 4.69) is 137 Å². The largest absolute Gasteiger partial charge is 0.307 e. The van der Waals surface area contributed by atoms with Crippen molar-refractivity contribution in [2.75, 3.05) is 0 Å². The van der Waals surface area contributed by atoms with E-state index >= 15 is 0 Å². The van der Waals surface area contributed by atoms with E-state index in [1.54, 1.807) is 11.3 Å². The molecule has 182 valence electrons. The van der Waals surface area contributed by atoms with Crippen LogP contribution in [0.25, 0.3) is 75.4 Å². The minimum Gasteiger partial charge on any atom is -0.307 e. The minimum atomic E-state index is 0.990. The Balaban J connectivity index is 1.64. The SMILES string of the molecule is c1ccc(-n2c3ccccc3c3c4ccccc4c4c5ccccc5n(-c5nc6ccccc6s5)c4c32)cc1. The fourth-order valence-electron chi connectivity index (χ4n) is 6.39. The Bertz CT molecular complexity index is 2360. The summed E-state index contributed by atoms with van der Waals surface area (Å²) in [6.45, 7) is 0. The zero-order valence-electron chi connectivity index (χ0n) is 20.9. The number of hydrogen-bond donors (Lipinski definition) is 0. The van der Waals surface area contributed by atoms with Crippen LogP contribution in [0.3, 0.4) is 0 Å². The molecule has 0 saturated heterocycles. The maximum atomic E-state index is 5.17. The summed E-state index contributed by atoms with van der Waals surface area (Å²) in [7, 11) is 0. The topological polar surface area (TPSA) is 22.8 Å². The summed E-state index contributed by atoms with van der Waals surface area (Å²) in [5, 5.41) is 8.59. The molecule has 9 aromatic rings. The summed E-state index contributed by atoms with van der Waals surface area (Å²) in [5.41, 5.74) is 6.98. The van der Waals surface area contributed by atoms with E-state index in [0.29, 0.717) is 0 Å². The van der Waals surface area contributed by atoms with Crippen LogP contribution in [0.15, 0.2) is 127 Å². The summed E-state index contributed by atoms with van der Waals surface area (Å²) in [6.07, 6.45) is 0. The van der Waals surface area contributed by atoms with E-state index in [9.17, 15) is 0 Å². The van der Waals surface area contributed by atoms with E-state index in [-0.39, 0.29) is 0 Å². The fraction of sp³-hybridized carbons (Fsp3) is 0. The monoisotopic (exact) mass is 515 g/mol. The van der Waals surface area contributed by atoms with Crippen LogP contribution < -0.4 is 0 Å². The molecule has 0 fully saturated rings. The van der Waals surface area contributed by atoms with Crippen LogP contribution in [-0.2, 0) is 0 Å². The first-order valence-corrected chi connectivity index (χ1v) is 14.0. The van der Waals surface area contributed by atoms with Crippen LogP contribution in [0.2, 0.25) is 0 Å². The van der Waals surface area contributed by atoms with Gasteiger partial charge in [0.2, 0.25) is 0 Å². The van der Waals surface area contributed by atoms with Gasteiger partial charge >= 0.3 is 0 Å². The molecule has 0 amide bonds. The molecule has 0 aliphatic carbocycles. The van der Waals surface area contributed by atoms with E-state index in [4.69, 9.17) is 4.98 Å². The first-order chi connectivity index (χ1) is 19.4. The van der Waals surface area contributed by atoms with Gasteiger partial charge in [-0.15, -0.1) is 0 Å². The number of hydrogen-bond acceptors (Lipinski definition) is 2. The first kappa shape index (κ1) is 21.1. The predicted molar refractivity (Wildman–Crippen MR) is 166 cm³/mol. The van der Waals surface area contributed by atoms with Crippen molar-refractivity contribution in [3.63, 3.8) is 0 Å². The quantitative estimate of drug-likeness (QED) is 0.225. The first-order valence-electron chi connectivity index (χ1n) is 13.2. The average molecular weight is 516 g/mol. The smallest absolute Gasteiger partial charge is 0.195 e. The molecule has 3 heterocycles. The van der Waals surface area contributed by atoms with Gasteiger partial charge in [-0.2, -0.15) is 0 Å². The number of benzene rings is 6. The molecule has 3 aromatic heterocycles. The molecule has 0 bridgehead atoms. The highest BCUT2D eigenvalue weighted by Crippen LogP contribution is 2.47. The molecule has 0 aliphatic heterocycles. The lowest BCUT2D eigenvalue weighted by molar-refractivity contribution is 1.13. The highest BCUT2D eigenvalue weighted by molar-refractivity contribution is 7.20. The van der Waals surface area contributed by atoms with Crippen LogP contribution in [0.4, 0.5) is 0 Å². The zero-order chi connectivity index (χ0) is 25.5. The van der Waals surface area contributed by atoms with Gasteiger partial charge in [-0.3, -0.25) is 4.57 Å². The van der Waals surface area contributed by atoms with Gasteiger partial charge in [0, 0.05) is 27.2 Å². The third-order valence-electron chi connectivity index (χ3n) is 7.93. The molecular weight excluding hydrogens is 494 g/mol. The van der Waals surface area contributed by atoms with E-state index in [1.807, 2.05) is 0 Å². The maximum Gasteiger partial charge on any atom is 0.195 e. The van der Waals surface area contributed by atoms with Crippen molar-refractivity contribution in [1.29, 1.82) is 0 Å². The average Bonchev–Trinajstić information content (AvgIpc) is 3.67. The van der Waals surface area contributed by atoms with Crippen molar-refractivity contribution < 1.29 is 0 Å². The Labute approximate surface area is 227 Å². The lowest BCUT2D eigenvalue weighted by Crippen LogP contribution is -1.98. The molecule has 39 heavy (non-hydrogen) atoms. The zero-order valence-corrected chi connectivity index (χ0v) is 21.7. The van der Waals surface area contributed by atoms with Gasteiger partial charge in [-0.1, -0.05) is 102 Å². The summed E-state index contributed by atoms with van der Waals surface area (Å²) in [4.78, 5) is 5.17. The Morgan fingerprint density at radius 3 is 1.64 bits per heavy atom. The molecule has 0 saturated carbocycles. The number of rotatable bonds is 2. The van der Waals surface area contributed by atoms with Gasteiger partial charge in [-0.25, -0.2) is 4.98 Å². The van der Waals surface area contributed by atoms with E-state index in [0.717, 1.165) is 16.3 Å². The Hall–Kier alpha value is -4.93. The molecule has 0 spiro atoms. The van der Waals surface area contributed by atoms with Crippen molar-refractivity contribution in [3.8, 4) is 10.8 Å². The maximum absolute atomic E-state index is 5.17. The number of nitrogens with zero attached hydrogens (tertiary/aromatic N) is 3. The Kier molecular flexibility index (Phi) is 4.21. The van der Waals surface area contributed by atoms with E-state index in [1.165, 1.54) is 59.1 Å². The van der Waals surface area contributed by atoms with Crippen molar-refractivity contribution in [3.05, 3.63) is 127 Å². The van der Waals surface area contributed by atoms with Crippen LogP contribution in [0.5, 0.6) is 0 Å². The van der Waals surface area contributed by atoms with Gasteiger partial charge in [0.25, 0.3) is 0 Å². The molecule has 0 N–H and O–H groups in total. The molecule has 0 unspecified atom stereocenters. The van der Waals surface area contributed by atoms with Crippen LogP contribution in [0, 0.1) is 0 Å². The second-order valence-corrected chi connectivity index (χ2v) is 11.0. The third kappa shape index (κ3) is 2.78. The normalized spacial score (nSPS) is 12.1. The van der Waals surface area contributed by atoms with Gasteiger partial charge in [0.15, 0.2) is 5.13 Å². The second-order valence-electron chi connectivity index (χ2n) is 10.00. The fourth-order valence-corrected chi connectivity index (χ4v) is 7.38. The van der Waals surface area contributed by atoms with Crippen LogP contribution in [-0.4, -0.2) is 14.1 Å². The molecular formula is C35H21N3S. The lowest BCUT2D eigenvalue weighted by atomic mass is 9.98. The Morgan fingerprint density at radius 1 is 0.462 bits per heavy atom. The Morgan fingerprint density at radius 2 is 0.974 bits per heavy atom. The van der Waals surface area contributed by atoms with Gasteiger partial charge in [-0.05, 0) is 47.2 Å². The third-order valence-corrected chi connectivity index (χ3v) is 8.95. The van der Waals surface area contributed by atoms with Gasteiger partial charge in [0.05, 0.1) is 32.3 Å². The summed E-state index contributed by atoms with van der Waals surface area (Å²) >= 11 is 1.75. The molecule has 0 radical (unpaired) electrons. The van der Waals surface area contributed by atoms with Crippen molar-refractivity contribution in [1.82, 2.24) is 14.1 Å². The number of aromatic nitrogens is 3. The molecule has 4 heteroatoms. The highest BCUT2D eigenvalue weighted by Gasteiger charge is 2.25. The standard InChI is InChI=1S/C35H21N3S/c1-2-12-22(13-3-1)37-28-19-9-6-16-25(28)31-23-14-4-5-15-24(23)32-26-17-7-10-20-29(26)38(34(32)33(31)37)35-36-27-18-8-11-21-30(27)39-35/h1-21H. The second kappa shape index (κ2) is 7.79. The molecule has 0 atom stereocenters. The van der Waals surface area contributed by atoms with Gasteiger partial charge in [0.1, 0.15) is 0 Å². The van der Waals surface area contributed by atoms with Gasteiger partial charge < -0.3 is 4.57 Å². The van der Waals surface area contributed by atoms with Crippen molar-refractivity contribution in [2.45, 2.75) is 0 Å². The van der Waals surface area contributed by atoms with Crippen LogP contribution in [0.1, 0.15) is 0 Å². The molecule has 0 aliphatic rings. The molecule has 3 nitrogen and oxygen atoms in total. The number of fused-ring (bicyclic) bond motifs is 11. The molecule has 9 rings (SSSR count). The predicted octanol–water partition coefficient (Wildman–Crippen LogP) is 9.64. The summed E-state index contributed by atoms with van der Waals surface area (Å²) in [5.74, 6) is 0. The lowest BCUT2D eigenvalue weighted by Gasteiger charge is -2.12. The van der Waals surface area contributed by atoms with Crippen LogP contribution >= 0.6 is 11.3 Å². The number of para-hydroxylation sites is 4. The van der Waals surface area contributed by atoms with Crippen molar-refractivity contribution >= 4 is 75.9 Å². The van der Waals surface area contributed by atoms with E-state index < -0.39 is 0 Å². The highest BCUT2D eigenvalue weighted by atomic mass is 32.1. The van der Waals surface area contributed by atoms with Crippen molar-refractivity contribution in [2.24, 2.45) is 0 Å². The molecule has 6 aromatic carbocycles. The number of thiazole rings is 1. The minimum absolute atomic E-state index is 0.990. The summed E-state index contributed by atoms with van der Waals surface area (Å²) < 4.78 is 6.05.